The lowest BCUT2D eigenvalue weighted by atomic mass is 10.1. The quantitative estimate of drug-likeness (QED) is 0.833. The number of nitrogens with one attached hydrogen (secondary N) is 2. The first-order chi connectivity index (χ1) is 10.0. The Bertz CT molecular complexity index is 587. The van der Waals surface area contributed by atoms with Crippen molar-refractivity contribution < 1.29 is 0 Å². The zero-order valence-electron chi connectivity index (χ0n) is 12.8. The van der Waals surface area contributed by atoms with Crippen LogP contribution in [0.3, 0.4) is 0 Å². The maximum Gasteiger partial charge on any atom is 0.170 e. The summed E-state index contributed by atoms with van der Waals surface area (Å²) in [6, 6.07) is 8.48. The lowest BCUT2D eigenvalue weighted by Gasteiger charge is -2.10. The average Bonchev–Trinajstić information content (AvgIpc) is 2.86. The van der Waals surface area contributed by atoms with Gasteiger partial charge < -0.3 is 10.6 Å². The molecule has 0 amide bonds. The van der Waals surface area contributed by atoms with E-state index in [9.17, 15) is 0 Å². The largest absolute Gasteiger partial charge is 0.362 e. The van der Waals surface area contributed by atoms with Crippen LogP contribution in [-0.4, -0.2) is 21.4 Å². The summed E-state index contributed by atoms with van der Waals surface area (Å²) < 4.78 is 1.90. The molecule has 0 unspecified atom stereocenters. The van der Waals surface area contributed by atoms with Gasteiger partial charge in [-0.2, -0.15) is 5.10 Å². The van der Waals surface area contributed by atoms with Crippen molar-refractivity contribution >= 4 is 23.0 Å². The Morgan fingerprint density at radius 1 is 1.29 bits per heavy atom. The smallest absolute Gasteiger partial charge is 0.170 e. The molecule has 0 saturated carbocycles. The number of thiocarbonyl (C=S) groups is 1. The van der Waals surface area contributed by atoms with Crippen LogP contribution in [0.15, 0.2) is 36.7 Å². The van der Waals surface area contributed by atoms with Crippen LogP contribution < -0.4 is 10.6 Å². The van der Waals surface area contributed by atoms with E-state index in [0.717, 1.165) is 18.8 Å². The van der Waals surface area contributed by atoms with Crippen LogP contribution in [0, 0.1) is 12.8 Å². The van der Waals surface area contributed by atoms with Crippen molar-refractivity contribution in [2.75, 3.05) is 11.9 Å². The monoisotopic (exact) mass is 302 g/mol. The number of hydrogen-bond acceptors (Lipinski definition) is 2. The van der Waals surface area contributed by atoms with Gasteiger partial charge in [0, 0.05) is 12.7 Å². The van der Waals surface area contributed by atoms with Crippen molar-refractivity contribution in [2.45, 2.75) is 27.3 Å². The van der Waals surface area contributed by atoms with Crippen molar-refractivity contribution in [1.29, 1.82) is 0 Å². The summed E-state index contributed by atoms with van der Waals surface area (Å²) in [4.78, 5) is 0. The van der Waals surface area contributed by atoms with Gasteiger partial charge in [-0.1, -0.05) is 43.7 Å². The van der Waals surface area contributed by atoms with E-state index in [2.05, 4.69) is 60.8 Å². The number of aromatic nitrogens is 2. The summed E-state index contributed by atoms with van der Waals surface area (Å²) in [5.41, 5.74) is 3.40. The summed E-state index contributed by atoms with van der Waals surface area (Å²) in [5.74, 6) is 0.564. The average molecular weight is 302 g/mol. The fraction of sp³-hybridized carbons (Fsp3) is 0.375. The minimum absolute atomic E-state index is 0.564. The minimum atomic E-state index is 0.564. The third-order valence-electron chi connectivity index (χ3n) is 3.03. The summed E-state index contributed by atoms with van der Waals surface area (Å²) in [6.45, 7) is 8.01. The van der Waals surface area contributed by atoms with E-state index in [-0.39, 0.29) is 0 Å². The molecular weight excluding hydrogens is 280 g/mol. The minimum Gasteiger partial charge on any atom is -0.362 e. The molecule has 4 nitrogen and oxygen atoms in total. The Morgan fingerprint density at radius 3 is 2.67 bits per heavy atom. The van der Waals surface area contributed by atoms with Gasteiger partial charge in [-0.05, 0) is 30.6 Å². The van der Waals surface area contributed by atoms with Crippen molar-refractivity contribution in [3.05, 3.63) is 47.8 Å². The molecule has 5 heteroatoms. The summed E-state index contributed by atoms with van der Waals surface area (Å²) in [6.07, 6.45) is 3.75. The van der Waals surface area contributed by atoms with Gasteiger partial charge in [0.25, 0.3) is 0 Å². The van der Waals surface area contributed by atoms with Crippen LogP contribution in [0.4, 0.5) is 5.69 Å². The predicted octanol–water partition coefficient (Wildman–Crippen LogP) is 3.18. The van der Waals surface area contributed by atoms with Gasteiger partial charge >= 0.3 is 0 Å². The zero-order chi connectivity index (χ0) is 15.2. The zero-order valence-corrected chi connectivity index (χ0v) is 13.6. The van der Waals surface area contributed by atoms with Crippen LogP contribution in [0.25, 0.3) is 0 Å². The molecule has 2 rings (SSSR count). The molecule has 1 aromatic heterocycles. The summed E-state index contributed by atoms with van der Waals surface area (Å²) in [7, 11) is 0. The number of nitrogens with zero attached hydrogens (tertiary/aromatic N) is 2. The second-order valence-corrected chi connectivity index (χ2v) is 6.05. The van der Waals surface area contributed by atoms with Crippen LogP contribution in [0.2, 0.25) is 0 Å². The maximum absolute atomic E-state index is 5.25. The van der Waals surface area contributed by atoms with Gasteiger partial charge in [-0.15, -0.1) is 0 Å². The molecule has 21 heavy (non-hydrogen) atoms. The molecule has 112 valence electrons. The van der Waals surface area contributed by atoms with Crippen LogP contribution in [0.5, 0.6) is 0 Å². The van der Waals surface area contributed by atoms with Gasteiger partial charge in [0.15, 0.2) is 5.11 Å². The Kier molecular flexibility index (Phi) is 5.33. The van der Waals surface area contributed by atoms with Gasteiger partial charge in [0.05, 0.1) is 18.4 Å². The SMILES string of the molecule is Cc1ccc(Cn2cc(NC(=S)NCC(C)C)cn2)cc1. The number of anilines is 1. The van der Waals surface area contributed by atoms with E-state index in [1.165, 1.54) is 11.1 Å². The highest BCUT2D eigenvalue weighted by atomic mass is 32.1. The highest BCUT2D eigenvalue weighted by Gasteiger charge is 2.02. The second kappa shape index (κ2) is 7.22. The van der Waals surface area contributed by atoms with Gasteiger partial charge in [-0.25, -0.2) is 0 Å². The number of hydrogen-bond donors (Lipinski definition) is 2. The van der Waals surface area contributed by atoms with Crippen molar-refractivity contribution in [2.24, 2.45) is 5.92 Å². The lowest BCUT2D eigenvalue weighted by Crippen LogP contribution is -2.31. The highest BCUT2D eigenvalue weighted by molar-refractivity contribution is 7.80. The third kappa shape index (κ3) is 5.19. The molecule has 2 aromatic rings. The Morgan fingerprint density at radius 2 is 2.00 bits per heavy atom. The molecule has 0 radical (unpaired) electrons. The highest BCUT2D eigenvalue weighted by Crippen LogP contribution is 2.09. The normalized spacial score (nSPS) is 10.7. The second-order valence-electron chi connectivity index (χ2n) is 5.64. The van der Waals surface area contributed by atoms with Gasteiger partial charge in [0.1, 0.15) is 0 Å². The van der Waals surface area contributed by atoms with E-state index in [1.807, 2.05) is 10.9 Å². The van der Waals surface area contributed by atoms with Crippen LogP contribution in [-0.2, 0) is 6.54 Å². The fourth-order valence-electron chi connectivity index (χ4n) is 1.87. The van der Waals surface area contributed by atoms with Gasteiger partial charge in [0.2, 0.25) is 0 Å². The van der Waals surface area contributed by atoms with E-state index in [0.29, 0.717) is 11.0 Å². The molecule has 0 spiro atoms. The first-order valence-corrected chi connectivity index (χ1v) is 7.56. The molecule has 2 N–H and O–H groups in total. The number of benzene rings is 1. The maximum atomic E-state index is 5.25. The molecular formula is C16H22N4S. The van der Waals surface area contributed by atoms with E-state index >= 15 is 0 Å². The van der Waals surface area contributed by atoms with Crippen LogP contribution >= 0.6 is 12.2 Å². The topological polar surface area (TPSA) is 41.9 Å². The third-order valence-corrected chi connectivity index (χ3v) is 3.27. The predicted molar refractivity (Wildman–Crippen MR) is 91.6 cm³/mol. The lowest BCUT2D eigenvalue weighted by molar-refractivity contribution is 0.627. The molecule has 1 heterocycles. The first kappa shape index (κ1) is 15.5. The van der Waals surface area contributed by atoms with Crippen molar-refractivity contribution in [3.8, 4) is 0 Å². The molecule has 0 aliphatic heterocycles. The number of rotatable bonds is 5. The van der Waals surface area contributed by atoms with Crippen molar-refractivity contribution in [3.63, 3.8) is 0 Å². The molecule has 1 aromatic carbocycles. The molecule has 0 aliphatic carbocycles. The van der Waals surface area contributed by atoms with Gasteiger partial charge in [-0.3, -0.25) is 4.68 Å². The molecule has 0 fully saturated rings. The van der Waals surface area contributed by atoms with E-state index in [4.69, 9.17) is 12.2 Å². The Hall–Kier alpha value is -1.88. The molecule has 0 saturated heterocycles. The molecule has 0 aliphatic rings. The van der Waals surface area contributed by atoms with E-state index in [1.54, 1.807) is 6.20 Å². The van der Waals surface area contributed by atoms with E-state index < -0.39 is 0 Å². The first-order valence-electron chi connectivity index (χ1n) is 7.16. The number of aryl methyl sites for hydroxylation is 1. The van der Waals surface area contributed by atoms with Crippen molar-refractivity contribution in [1.82, 2.24) is 15.1 Å². The molecule has 0 bridgehead atoms. The summed E-state index contributed by atoms with van der Waals surface area (Å²) >= 11 is 5.25. The standard InChI is InChI=1S/C16H22N4S/c1-12(2)8-17-16(21)19-15-9-18-20(11-15)10-14-6-4-13(3)5-7-14/h4-7,9,11-12H,8,10H2,1-3H3,(H2,17,19,21). The fourth-order valence-corrected chi connectivity index (χ4v) is 2.07. The Balaban J connectivity index is 1.89. The van der Waals surface area contributed by atoms with Crippen LogP contribution in [0.1, 0.15) is 25.0 Å². The molecule has 0 atom stereocenters. The Labute approximate surface area is 131 Å². The summed E-state index contributed by atoms with van der Waals surface area (Å²) in [5, 5.41) is 11.3.